The molecular formula is C33H59NO8S. The predicted octanol–water partition coefficient (Wildman–Crippen LogP) is 6.09. The monoisotopic (exact) mass is 629 g/mol. The van der Waals surface area contributed by atoms with Crippen molar-refractivity contribution >= 4 is 27.6 Å². The molecule has 2 rings (SSSR count). The van der Waals surface area contributed by atoms with Gasteiger partial charge >= 0.3 is 0 Å². The minimum Gasteiger partial charge on any atom is -0.373 e. The fourth-order valence-electron chi connectivity index (χ4n) is 3.96. The first-order chi connectivity index (χ1) is 18.2. The molecule has 0 spiro atoms. The maximum absolute atomic E-state index is 12.5. The third-order valence-electron chi connectivity index (χ3n) is 6.08. The Hall–Kier alpha value is -2.92. The summed E-state index contributed by atoms with van der Waals surface area (Å²) in [4.78, 5) is 35.8. The molecule has 2 atom stereocenters. The molecule has 0 radical (unpaired) electrons. The second kappa shape index (κ2) is 21.7. The van der Waals surface area contributed by atoms with Crippen molar-refractivity contribution in [3.8, 4) is 0 Å². The van der Waals surface area contributed by atoms with Gasteiger partial charge in [0.15, 0.2) is 11.6 Å². The zero-order valence-corrected chi connectivity index (χ0v) is 24.7. The highest BCUT2D eigenvalue weighted by atomic mass is 32.2. The van der Waals surface area contributed by atoms with Crippen molar-refractivity contribution < 1.29 is 37.9 Å². The van der Waals surface area contributed by atoms with Gasteiger partial charge in [-0.2, -0.15) is 8.42 Å². The molecule has 0 aliphatic carbocycles. The molecule has 0 fully saturated rings. The lowest BCUT2D eigenvalue weighted by Crippen LogP contribution is -2.52. The van der Waals surface area contributed by atoms with Crippen molar-refractivity contribution in [2.24, 2.45) is 0 Å². The van der Waals surface area contributed by atoms with Gasteiger partial charge in [0.2, 0.25) is 5.91 Å². The Balaban J connectivity index is -0.000000242. The highest BCUT2D eigenvalue weighted by molar-refractivity contribution is 7.86. The first-order valence-corrected chi connectivity index (χ1v) is 14.0. The van der Waals surface area contributed by atoms with E-state index in [4.69, 9.17) is 9.47 Å². The van der Waals surface area contributed by atoms with Gasteiger partial charge in [0.1, 0.15) is 11.7 Å². The van der Waals surface area contributed by atoms with E-state index in [0.717, 1.165) is 18.2 Å². The van der Waals surface area contributed by atoms with E-state index in [1.54, 1.807) is 27.9 Å². The summed E-state index contributed by atoms with van der Waals surface area (Å²) in [6.45, 7) is 6.07. The number of ether oxygens (including phenoxy) is 2. The molecule has 9 nitrogen and oxygen atoms in total. The molecule has 0 aliphatic heterocycles. The molecule has 0 aliphatic rings. The van der Waals surface area contributed by atoms with Gasteiger partial charge in [0.05, 0.1) is 24.8 Å². The summed E-state index contributed by atoms with van der Waals surface area (Å²) in [5, 5.41) is 2.65. The molecule has 2 unspecified atom stereocenters. The van der Waals surface area contributed by atoms with Crippen molar-refractivity contribution in [3.63, 3.8) is 0 Å². The van der Waals surface area contributed by atoms with E-state index in [1.807, 2.05) is 60.7 Å². The molecule has 0 bridgehead atoms. The van der Waals surface area contributed by atoms with Crippen LogP contribution in [0.5, 0.6) is 0 Å². The lowest BCUT2D eigenvalue weighted by molar-refractivity contribution is -0.146. The number of hydrogen-bond donors (Lipinski definition) is 1. The van der Waals surface area contributed by atoms with E-state index in [2.05, 4.69) is 9.50 Å². The van der Waals surface area contributed by atoms with Crippen LogP contribution in [0.2, 0.25) is 0 Å². The van der Waals surface area contributed by atoms with Gasteiger partial charge in [-0.3, -0.25) is 18.6 Å². The number of amides is 1. The molecule has 2 aromatic rings. The van der Waals surface area contributed by atoms with Crippen molar-refractivity contribution in [2.75, 3.05) is 27.1 Å². The molecule has 0 heterocycles. The standard InChI is InChI=1S/C18H27NO6S.C11H14O2.4CH4.H2/c1-14(20)18(24-4,11-15-9-7-6-8-10-15)12-16(21)19-17(2,3)13-26(22,23)25-5;1-9(12)11(13-2)8-10-6-4-3-5-7-10;;;;;/h6-10H,11-13H2,1-5H3,(H,19,21);3-7,11H,8H2,1-2H3;4*1H4;1H. The molecule has 0 saturated carbocycles. The van der Waals surface area contributed by atoms with Gasteiger partial charge < -0.3 is 14.8 Å². The minimum atomic E-state index is -3.75. The Kier molecular flexibility index (Phi) is 23.8. The molecule has 1 amide bonds. The zero-order valence-electron chi connectivity index (χ0n) is 23.9. The number of carbonyl (C=O) groups is 3. The molecule has 43 heavy (non-hydrogen) atoms. The quantitative estimate of drug-likeness (QED) is 0.249. The SMILES string of the molecule is C.C.C.C.COC(CC(=O)NC(C)(C)CS(=O)(=O)OC)(Cc1ccccc1)C(C)=O.COC(Cc1ccccc1)C(C)=O.[HH]. The summed E-state index contributed by atoms with van der Waals surface area (Å²) in [6.07, 6.45) is 0.378. The van der Waals surface area contributed by atoms with Crippen molar-refractivity contribution in [2.45, 2.75) is 93.9 Å². The molecule has 10 heteroatoms. The molecule has 1 N–H and O–H groups in total. The van der Waals surface area contributed by atoms with Crippen LogP contribution < -0.4 is 5.32 Å². The van der Waals surface area contributed by atoms with Crippen LogP contribution >= 0.6 is 0 Å². The first-order valence-electron chi connectivity index (χ1n) is 12.5. The highest BCUT2D eigenvalue weighted by Gasteiger charge is 2.39. The molecule has 2 aromatic carbocycles. The van der Waals surface area contributed by atoms with Crippen LogP contribution in [0.1, 0.15) is 76.4 Å². The van der Waals surface area contributed by atoms with Gasteiger partial charge in [0, 0.05) is 28.5 Å². The molecule has 0 aromatic heterocycles. The normalized spacial score (nSPS) is 12.5. The van der Waals surface area contributed by atoms with Gasteiger partial charge in [-0.25, -0.2) is 0 Å². The van der Waals surface area contributed by atoms with Crippen LogP contribution in [0.3, 0.4) is 0 Å². The number of Topliss-reactive ketones (excluding diaryl/α,β-unsaturated/α-hetero) is 2. The van der Waals surface area contributed by atoms with Crippen molar-refractivity contribution in [1.82, 2.24) is 5.32 Å². The minimum absolute atomic E-state index is 0. The highest BCUT2D eigenvalue weighted by Crippen LogP contribution is 2.24. The van der Waals surface area contributed by atoms with Crippen LogP contribution in [0.15, 0.2) is 60.7 Å². The van der Waals surface area contributed by atoms with Gasteiger partial charge in [-0.1, -0.05) is 90.4 Å². The van der Waals surface area contributed by atoms with E-state index in [1.165, 1.54) is 14.0 Å². The van der Waals surface area contributed by atoms with Crippen molar-refractivity contribution in [1.29, 1.82) is 0 Å². The summed E-state index contributed by atoms with van der Waals surface area (Å²) < 4.78 is 38.2. The Morgan fingerprint density at radius 1 is 0.837 bits per heavy atom. The Morgan fingerprint density at radius 3 is 1.67 bits per heavy atom. The second-order valence-corrected chi connectivity index (χ2v) is 11.7. The maximum atomic E-state index is 12.5. The van der Waals surface area contributed by atoms with Crippen LogP contribution in [0, 0.1) is 0 Å². The summed E-state index contributed by atoms with van der Waals surface area (Å²) in [5.41, 5.74) is -0.389. The van der Waals surface area contributed by atoms with Gasteiger partial charge in [-0.05, 0) is 38.8 Å². The molecular weight excluding hydrogens is 570 g/mol. The number of carbonyl (C=O) groups excluding carboxylic acids is 3. The van der Waals surface area contributed by atoms with Crippen LogP contribution in [0.4, 0.5) is 0 Å². The molecule has 0 saturated heterocycles. The molecule has 250 valence electrons. The average molecular weight is 630 g/mol. The predicted molar refractivity (Wildman–Crippen MR) is 179 cm³/mol. The average Bonchev–Trinajstić information content (AvgIpc) is 2.87. The summed E-state index contributed by atoms with van der Waals surface area (Å²) >= 11 is 0. The third kappa shape index (κ3) is 17.1. The maximum Gasteiger partial charge on any atom is 0.269 e. The number of ketones is 2. The Morgan fingerprint density at radius 2 is 1.30 bits per heavy atom. The van der Waals surface area contributed by atoms with Gasteiger partial charge in [-0.15, -0.1) is 0 Å². The summed E-state index contributed by atoms with van der Waals surface area (Å²) in [5.74, 6) is -1.07. The lowest BCUT2D eigenvalue weighted by Gasteiger charge is -2.32. The van der Waals surface area contributed by atoms with Crippen LogP contribution in [0.25, 0.3) is 0 Å². The van der Waals surface area contributed by atoms with E-state index in [0.29, 0.717) is 6.42 Å². The number of nitrogens with one attached hydrogen (secondary N) is 1. The third-order valence-corrected chi connectivity index (χ3v) is 7.67. The number of hydrogen-bond acceptors (Lipinski definition) is 8. The fourth-order valence-corrected chi connectivity index (χ4v) is 5.04. The topological polar surface area (TPSA) is 125 Å². The van der Waals surface area contributed by atoms with E-state index >= 15 is 0 Å². The Labute approximate surface area is 263 Å². The fraction of sp³-hybridized carbons (Fsp3) is 0.545. The van der Waals surface area contributed by atoms with E-state index in [-0.39, 0.29) is 67.4 Å². The van der Waals surface area contributed by atoms with E-state index < -0.39 is 27.2 Å². The lowest BCUT2D eigenvalue weighted by atomic mass is 9.86. The van der Waals surface area contributed by atoms with Gasteiger partial charge in [0.25, 0.3) is 10.1 Å². The Bertz CT molecular complexity index is 1170. The largest absolute Gasteiger partial charge is 0.373 e. The van der Waals surface area contributed by atoms with Crippen molar-refractivity contribution in [3.05, 3.63) is 71.8 Å². The second-order valence-electron chi connectivity index (χ2n) is 9.92. The zero-order chi connectivity index (χ0) is 29.7. The number of methoxy groups -OCH3 is 2. The number of benzene rings is 2. The van der Waals surface area contributed by atoms with Crippen LogP contribution in [-0.2, 0) is 51.0 Å². The smallest absolute Gasteiger partial charge is 0.269 e. The van der Waals surface area contributed by atoms with E-state index in [9.17, 15) is 22.8 Å². The van der Waals surface area contributed by atoms with Crippen LogP contribution in [-0.4, -0.2) is 70.2 Å². The first kappa shape index (κ1) is 47.0. The number of rotatable bonds is 14. The summed E-state index contributed by atoms with van der Waals surface area (Å²) in [7, 11) is 0.270. The summed E-state index contributed by atoms with van der Waals surface area (Å²) in [6, 6.07) is 19.1.